The minimum atomic E-state index is -3.84. The first-order chi connectivity index (χ1) is 14.5. The average molecular weight is 431 g/mol. The molecular formula is C22H30N4O3S. The minimum Gasteiger partial charge on any atom is -0.307 e. The van der Waals surface area contributed by atoms with E-state index in [2.05, 4.69) is 21.0 Å². The number of piperazine rings is 1. The lowest BCUT2D eigenvalue weighted by Crippen LogP contribution is -2.58. The molecule has 30 heavy (non-hydrogen) atoms. The van der Waals surface area contributed by atoms with Crippen LogP contribution in [0, 0.1) is 0 Å². The number of nitrogens with one attached hydrogen (secondary N) is 2. The van der Waals surface area contributed by atoms with Gasteiger partial charge in [0.2, 0.25) is 0 Å². The Kier molecular flexibility index (Phi) is 4.41. The fourth-order valence-corrected chi connectivity index (χ4v) is 7.50. The SMILES string of the molecule is O=C(Nc1c2c(cc3c1CCC3)CCC2)NS(=O)(=O)N1CC2CCC(C1)N2C1CC1. The number of amides is 2. The summed E-state index contributed by atoms with van der Waals surface area (Å²) in [5.74, 6) is 0. The molecule has 5 aliphatic rings. The van der Waals surface area contributed by atoms with Crippen molar-refractivity contribution in [2.24, 2.45) is 0 Å². The van der Waals surface area contributed by atoms with Crippen molar-refractivity contribution < 1.29 is 13.2 Å². The van der Waals surface area contributed by atoms with Crippen molar-refractivity contribution in [2.45, 2.75) is 82.3 Å². The van der Waals surface area contributed by atoms with Crippen LogP contribution in [0.25, 0.3) is 0 Å². The highest BCUT2D eigenvalue weighted by atomic mass is 32.2. The van der Waals surface area contributed by atoms with Crippen LogP contribution in [0.3, 0.4) is 0 Å². The number of carbonyl (C=O) groups excluding carboxylic acids is 1. The Hall–Kier alpha value is -1.64. The second-order valence-corrected chi connectivity index (χ2v) is 11.3. The van der Waals surface area contributed by atoms with E-state index in [-0.39, 0.29) is 0 Å². The number of rotatable bonds is 4. The fourth-order valence-electron chi connectivity index (χ4n) is 6.35. The van der Waals surface area contributed by atoms with E-state index in [1.54, 1.807) is 0 Å². The zero-order chi connectivity index (χ0) is 20.5. The molecule has 0 aromatic heterocycles. The van der Waals surface area contributed by atoms with Crippen LogP contribution in [0.1, 0.15) is 60.8 Å². The molecule has 7 nitrogen and oxygen atoms in total. The second-order valence-electron chi connectivity index (χ2n) is 9.68. The topological polar surface area (TPSA) is 81.8 Å². The third kappa shape index (κ3) is 3.15. The number of hydrogen-bond donors (Lipinski definition) is 2. The first-order valence-corrected chi connectivity index (χ1v) is 13.0. The molecule has 2 heterocycles. The van der Waals surface area contributed by atoms with Gasteiger partial charge in [0.15, 0.2) is 0 Å². The molecule has 0 radical (unpaired) electrons. The summed E-state index contributed by atoms with van der Waals surface area (Å²) in [5.41, 5.74) is 5.94. The number of benzene rings is 1. The molecule has 2 amide bonds. The predicted octanol–water partition coefficient (Wildman–Crippen LogP) is 2.34. The van der Waals surface area contributed by atoms with Gasteiger partial charge < -0.3 is 5.32 Å². The normalized spacial score (nSPS) is 28.4. The summed E-state index contributed by atoms with van der Waals surface area (Å²) in [5, 5.41) is 2.95. The van der Waals surface area contributed by atoms with Crippen molar-refractivity contribution >= 4 is 21.9 Å². The third-order valence-electron chi connectivity index (χ3n) is 7.75. The zero-order valence-electron chi connectivity index (χ0n) is 17.3. The molecular weight excluding hydrogens is 400 g/mol. The largest absolute Gasteiger partial charge is 0.333 e. The Balaban J connectivity index is 1.18. The molecule has 0 spiro atoms. The van der Waals surface area contributed by atoms with Crippen LogP contribution < -0.4 is 10.0 Å². The molecule has 162 valence electrons. The Morgan fingerprint density at radius 3 is 2.00 bits per heavy atom. The Morgan fingerprint density at radius 1 is 0.867 bits per heavy atom. The van der Waals surface area contributed by atoms with Gasteiger partial charge in [0.1, 0.15) is 0 Å². The standard InChI is InChI=1S/C22H30N4O3S/c27-22(23-21-19-5-1-3-14(19)11-15-4-2-6-20(15)21)24-30(28,29)25-12-17-9-10-18(13-25)26(17)16-7-8-16/h11,16-18H,1-10,12-13H2,(H2,23,24,27). The van der Waals surface area contributed by atoms with E-state index in [1.165, 1.54) is 39.4 Å². The van der Waals surface area contributed by atoms with Crippen LogP contribution in [0.5, 0.6) is 0 Å². The predicted molar refractivity (Wildman–Crippen MR) is 115 cm³/mol. The quantitative estimate of drug-likeness (QED) is 0.768. The van der Waals surface area contributed by atoms with Gasteiger partial charge >= 0.3 is 16.2 Å². The van der Waals surface area contributed by atoms with Gasteiger partial charge in [0, 0.05) is 36.9 Å². The van der Waals surface area contributed by atoms with E-state index in [0.29, 0.717) is 31.2 Å². The molecule has 2 N–H and O–H groups in total. The third-order valence-corrected chi connectivity index (χ3v) is 9.17. The lowest BCUT2D eigenvalue weighted by atomic mass is 9.99. The Bertz CT molecular complexity index is 958. The molecule has 1 aromatic rings. The van der Waals surface area contributed by atoms with Crippen molar-refractivity contribution in [3.63, 3.8) is 0 Å². The zero-order valence-corrected chi connectivity index (χ0v) is 18.1. The monoisotopic (exact) mass is 430 g/mol. The molecule has 1 aromatic carbocycles. The van der Waals surface area contributed by atoms with Crippen molar-refractivity contribution in [1.29, 1.82) is 0 Å². The molecule has 2 atom stereocenters. The van der Waals surface area contributed by atoms with E-state index >= 15 is 0 Å². The Labute approximate surface area is 178 Å². The van der Waals surface area contributed by atoms with Crippen LogP contribution in [0.15, 0.2) is 6.07 Å². The molecule has 2 aliphatic heterocycles. The highest BCUT2D eigenvalue weighted by Crippen LogP contribution is 2.41. The van der Waals surface area contributed by atoms with Gasteiger partial charge in [-0.15, -0.1) is 0 Å². The van der Waals surface area contributed by atoms with Crippen molar-refractivity contribution in [1.82, 2.24) is 13.9 Å². The average Bonchev–Trinajstić information content (AvgIpc) is 3.12. The molecule has 1 saturated carbocycles. The van der Waals surface area contributed by atoms with Crippen LogP contribution in [0.2, 0.25) is 0 Å². The Morgan fingerprint density at radius 2 is 1.43 bits per heavy atom. The summed E-state index contributed by atoms with van der Waals surface area (Å²) in [6, 6.07) is 2.94. The number of anilines is 1. The lowest BCUT2D eigenvalue weighted by molar-refractivity contribution is 0.102. The maximum atomic E-state index is 13.0. The van der Waals surface area contributed by atoms with Crippen LogP contribution in [-0.2, 0) is 35.9 Å². The molecule has 8 heteroatoms. The first kappa shape index (κ1) is 19.1. The van der Waals surface area contributed by atoms with Crippen molar-refractivity contribution in [2.75, 3.05) is 18.4 Å². The van der Waals surface area contributed by atoms with Crippen molar-refractivity contribution in [3.05, 3.63) is 28.3 Å². The van der Waals surface area contributed by atoms with Crippen LogP contribution in [-0.4, -0.2) is 54.9 Å². The number of carbonyl (C=O) groups is 1. The van der Waals surface area contributed by atoms with E-state index in [1.807, 2.05) is 0 Å². The molecule has 3 aliphatic carbocycles. The summed E-state index contributed by atoms with van der Waals surface area (Å²) < 4.78 is 29.8. The van der Waals surface area contributed by atoms with Gasteiger partial charge in [-0.2, -0.15) is 12.7 Å². The van der Waals surface area contributed by atoms with E-state index in [9.17, 15) is 13.2 Å². The molecule has 6 rings (SSSR count). The summed E-state index contributed by atoms with van der Waals surface area (Å²) in [4.78, 5) is 15.3. The molecule has 2 unspecified atom stereocenters. The van der Waals surface area contributed by atoms with Gasteiger partial charge in [-0.1, -0.05) is 6.07 Å². The van der Waals surface area contributed by atoms with Gasteiger partial charge in [-0.25, -0.2) is 9.52 Å². The van der Waals surface area contributed by atoms with Gasteiger partial charge in [0.25, 0.3) is 0 Å². The second kappa shape index (κ2) is 6.93. The van der Waals surface area contributed by atoms with Crippen LogP contribution in [0.4, 0.5) is 10.5 Å². The maximum Gasteiger partial charge on any atom is 0.333 e. The minimum absolute atomic E-state index is 0.302. The molecule has 2 saturated heterocycles. The van der Waals surface area contributed by atoms with Gasteiger partial charge in [-0.05, 0) is 86.5 Å². The number of aryl methyl sites for hydroxylation is 2. The van der Waals surface area contributed by atoms with Crippen LogP contribution >= 0.6 is 0 Å². The highest BCUT2D eigenvalue weighted by Gasteiger charge is 2.48. The fraction of sp³-hybridized carbons (Fsp3) is 0.682. The van der Waals surface area contributed by atoms with Gasteiger partial charge in [0.05, 0.1) is 0 Å². The summed E-state index contributed by atoms with van der Waals surface area (Å²) in [6.45, 7) is 0.984. The van der Waals surface area contributed by atoms with Gasteiger partial charge in [-0.3, -0.25) is 4.90 Å². The lowest BCUT2D eigenvalue weighted by Gasteiger charge is -2.40. The molecule has 2 bridgehead atoms. The number of fused-ring (bicyclic) bond motifs is 4. The smallest absolute Gasteiger partial charge is 0.307 e. The first-order valence-electron chi connectivity index (χ1n) is 11.5. The summed E-state index contributed by atoms with van der Waals surface area (Å²) >= 11 is 0. The van der Waals surface area contributed by atoms with E-state index in [0.717, 1.165) is 57.1 Å². The van der Waals surface area contributed by atoms with E-state index < -0.39 is 16.2 Å². The maximum absolute atomic E-state index is 13.0. The highest BCUT2D eigenvalue weighted by molar-refractivity contribution is 7.87. The van der Waals surface area contributed by atoms with Crippen molar-refractivity contribution in [3.8, 4) is 0 Å². The number of urea groups is 1. The number of hydrogen-bond acceptors (Lipinski definition) is 4. The molecule has 3 fully saturated rings. The summed E-state index contributed by atoms with van der Waals surface area (Å²) in [6.07, 6.45) is 10.8. The van der Waals surface area contributed by atoms with E-state index in [4.69, 9.17) is 0 Å². The number of nitrogens with zero attached hydrogens (tertiary/aromatic N) is 2. The summed E-state index contributed by atoms with van der Waals surface area (Å²) in [7, 11) is -3.84.